The van der Waals surface area contributed by atoms with E-state index in [1.165, 1.54) is 0 Å². The molecule has 1 aromatic carbocycles. The molecule has 0 bridgehead atoms. The fourth-order valence-corrected chi connectivity index (χ4v) is 2.26. The number of rotatable bonds is 1. The Kier molecular flexibility index (Phi) is 4.27. The zero-order valence-corrected chi connectivity index (χ0v) is 12.6. The molecule has 0 N–H and O–H groups in total. The van der Waals surface area contributed by atoms with E-state index < -0.39 is 0 Å². The quantitative estimate of drug-likeness (QED) is 0.766. The molecule has 0 unspecified atom stereocenters. The highest BCUT2D eigenvalue weighted by Crippen LogP contribution is 2.28. The third-order valence-corrected chi connectivity index (χ3v) is 3.62. The summed E-state index contributed by atoms with van der Waals surface area (Å²) in [4.78, 5) is 1.96. The molecule has 0 radical (unpaired) electrons. The number of amidine groups is 1. The van der Waals surface area contributed by atoms with Crippen molar-refractivity contribution in [2.24, 2.45) is 10.2 Å². The molecule has 1 aromatic rings. The first-order chi connectivity index (χ1) is 8.99. The van der Waals surface area contributed by atoms with Gasteiger partial charge in [0.05, 0.1) is 5.71 Å². The lowest BCUT2D eigenvalue weighted by atomic mass is 10.0. The molecule has 0 atom stereocenters. The van der Waals surface area contributed by atoms with Crippen LogP contribution in [0.3, 0.4) is 0 Å². The van der Waals surface area contributed by atoms with Crippen molar-refractivity contribution < 1.29 is 0 Å². The lowest BCUT2D eigenvalue weighted by Crippen LogP contribution is -2.25. The summed E-state index contributed by atoms with van der Waals surface area (Å²) in [6.07, 6.45) is 2.71. The molecule has 0 saturated heterocycles. The molecule has 0 saturated carbocycles. The Bertz CT molecular complexity index is 566. The van der Waals surface area contributed by atoms with E-state index in [1.807, 2.05) is 50.2 Å². The van der Waals surface area contributed by atoms with Gasteiger partial charge < -0.3 is 4.90 Å². The van der Waals surface area contributed by atoms with Gasteiger partial charge in [-0.1, -0.05) is 29.3 Å². The molecule has 19 heavy (non-hydrogen) atoms. The van der Waals surface area contributed by atoms with Gasteiger partial charge in [0.25, 0.3) is 0 Å². The zero-order chi connectivity index (χ0) is 14.0. The van der Waals surface area contributed by atoms with E-state index in [1.54, 1.807) is 0 Å². The average molecular weight is 296 g/mol. The van der Waals surface area contributed by atoms with E-state index in [2.05, 4.69) is 10.2 Å². The van der Waals surface area contributed by atoms with Crippen LogP contribution >= 0.6 is 23.2 Å². The number of hydrogen-bond acceptors (Lipinski definition) is 3. The summed E-state index contributed by atoms with van der Waals surface area (Å²) in [5, 5.41) is 9.63. The molecule has 0 amide bonds. The van der Waals surface area contributed by atoms with Gasteiger partial charge in [-0.25, -0.2) is 0 Å². The van der Waals surface area contributed by atoms with E-state index in [4.69, 9.17) is 23.2 Å². The minimum Gasteiger partial charge on any atom is -0.364 e. The summed E-state index contributed by atoms with van der Waals surface area (Å²) >= 11 is 12.4. The van der Waals surface area contributed by atoms with Crippen molar-refractivity contribution in [3.63, 3.8) is 0 Å². The summed E-state index contributed by atoms with van der Waals surface area (Å²) in [5.74, 6) is 0.917. The van der Waals surface area contributed by atoms with Gasteiger partial charge in [0.2, 0.25) is 0 Å². The highest BCUT2D eigenvalue weighted by Gasteiger charge is 2.15. The molecular weight excluding hydrogens is 281 g/mol. The molecule has 2 rings (SSSR count). The summed E-state index contributed by atoms with van der Waals surface area (Å²) < 4.78 is 0. The molecule has 3 nitrogen and oxygen atoms in total. The second kappa shape index (κ2) is 5.76. The Morgan fingerprint density at radius 1 is 1.16 bits per heavy atom. The predicted molar refractivity (Wildman–Crippen MR) is 83.3 cm³/mol. The van der Waals surface area contributed by atoms with Crippen molar-refractivity contribution in [3.8, 4) is 0 Å². The topological polar surface area (TPSA) is 28.0 Å². The molecule has 0 fully saturated rings. The van der Waals surface area contributed by atoms with Gasteiger partial charge in [-0.05, 0) is 30.7 Å². The van der Waals surface area contributed by atoms with Gasteiger partial charge in [-0.2, -0.15) is 5.10 Å². The molecule has 1 aliphatic rings. The zero-order valence-electron chi connectivity index (χ0n) is 11.1. The van der Waals surface area contributed by atoms with Crippen molar-refractivity contribution >= 4 is 40.8 Å². The number of nitrogens with zero attached hydrogens (tertiary/aromatic N) is 3. The van der Waals surface area contributed by atoms with Gasteiger partial charge in [0.1, 0.15) is 5.84 Å². The summed E-state index contributed by atoms with van der Waals surface area (Å²) in [6, 6.07) is 5.49. The Hall–Kier alpha value is -1.32. The van der Waals surface area contributed by atoms with Crippen molar-refractivity contribution in [2.75, 3.05) is 14.1 Å². The van der Waals surface area contributed by atoms with Gasteiger partial charge >= 0.3 is 0 Å². The van der Waals surface area contributed by atoms with Crippen LogP contribution in [0.5, 0.6) is 0 Å². The van der Waals surface area contributed by atoms with Crippen LogP contribution < -0.4 is 0 Å². The van der Waals surface area contributed by atoms with Crippen LogP contribution in [0, 0.1) is 0 Å². The fourth-order valence-electron chi connectivity index (χ4n) is 1.76. The maximum absolute atomic E-state index is 6.19. The maximum atomic E-state index is 6.19. The summed E-state index contributed by atoms with van der Waals surface area (Å²) in [6.45, 7) is 1.94. The van der Waals surface area contributed by atoms with Gasteiger partial charge in [-0.15, -0.1) is 5.10 Å². The van der Waals surface area contributed by atoms with E-state index >= 15 is 0 Å². The summed E-state index contributed by atoms with van der Waals surface area (Å²) in [5.41, 5.74) is 2.80. The highest BCUT2D eigenvalue weighted by atomic mass is 35.5. The molecule has 0 aromatic heterocycles. The molecular formula is C14H15Cl2N3. The molecule has 0 aliphatic carbocycles. The molecule has 0 spiro atoms. The van der Waals surface area contributed by atoms with E-state index in [9.17, 15) is 0 Å². The Morgan fingerprint density at radius 3 is 2.37 bits per heavy atom. The average Bonchev–Trinajstić information content (AvgIpc) is 2.35. The highest BCUT2D eigenvalue weighted by molar-refractivity contribution is 6.37. The number of benzene rings is 1. The van der Waals surface area contributed by atoms with Crippen LogP contribution in [-0.4, -0.2) is 30.5 Å². The molecule has 5 heteroatoms. The largest absolute Gasteiger partial charge is 0.364 e. The second-order valence-electron chi connectivity index (χ2n) is 4.58. The van der Waals surface area contributed by atoms with Crippen LogP contribution in [0.2, 0.25) is 10.0 Å². The van der Waals surface area contributed by atoms with Crippen molar-refractivity contribution in [1.82, 2.24) is 4.90 Å². The lowest BCUT2D eigenvalue weighted by molar-refractivity contribution is 0.605. The minimum atomic E-state index is 0.640. The monoisotopic (exact) mass is 295 g/mol. The van der Waals surface area contributed by atoms with Crippen molar-refractivity contribution in [1.29, 1.82) is 0 Å². The van der Waals surface area contributed by atoms with Gasteiger partial charge in [0.15, 0.2) is 0 Å². The molecule has 1 aliphatic heterocycles. The smallest absolute Gasteiger partial charge is 0.131 e. The van der Waals surface area contributed by atoms with Crippen LogP contribution in [0.1, 0.15) is 18.9 Å². The Balaban J connectivity index is 2.40. The second-order valence-corrected chi connectivity index (χ2v) is 5.39. The van der Waals surface area contributed by atoms with E-state index in [-0.39, 0.29) is 0 Å². The lowest BCUT2D eigenvalue weighted by Gasteiger charge is -2.19. The third kappa shape index (κ3) is 3.17. The normalized spacial score (nSPS) is 17.2. The number of hydrogen-bond donors (Lipinski definition) is 0. The van der Waals surface area contributed by atoms with Crippen molar-refractivity contribution in [3.05, 3.63) is 39.4 Å². The SMILES string of the molecule is CC1=NN=C(N(C)C)C/C1=C\c1c(Cl)cccc1Cl. The molecule has 1 heterocycles. The van der Waals surface area contributed by atoms with Crippen LogP contribution in [0.4, 0.5) is 0 Å². The van der Waals surface area contributed by atoms with Gasteiger partial charge in [0, 0.05) is 36.1 Å². The molecule has 100 valence electrons. The van der Waals surface area contributed by atoms with Crippen LogP contribution in [0.25, 0.3) is 6.08 Å². The van der Waals surface area contributed by atoms with Crippen LogP contribution in [0.15, 0.2) is 34.0 Å². The first-order valence-corrected chi connectivity index (χ1v) is 6.68. The van der Waals surface area contributed by atoms with Crippen molar-refractivity contribution in [2.45, 2.75) is 13.3 Å². The Labute approximate surface area is 123 Å². The predicted octanol–water partition coefficient (Wildman–Crippen LogP) is 4.12. The number of halogens is 2. The van der Waals surface area contributed by atoms with Crippen LogP contribution in [-0.2, 0) is 0 Å². The Morgan fingerprint density at radius 2 is 1.79 bits per heavy atom. The first kappa shape index (κ1) is 14.1. The minimum absolute atomic E-state index is 0.640. The van der Waals surface area contributed by atoms with E-state index in [0.717, 1.165) is 29.1 Å². The van der Waals surface area contributed by atoms with Gasteiger partial charge in [-0.3, -0.25) is 0 Å². The summed E-state index contributed by atoms with van der Waals surface area (Å²) in [7, 11) is 3.91. The van der Waals surface area contributed by atoms with E-state index in [0.29, 0.717) is 10.0 Å². The first-order valence-electron chi connectivity index (χ1n) is 5.92. The standard InChI is InChI=1S/C14H15Cl2N3/c1-9-10(8-14(18-17-9)19(2)3)7-11-12(15)5-4-6-13(11)16/h4-7H,8H2,1-3H3/b10-7+. The maximum Gasteiger partial charge on any atom is 0.131 e. The third-order valence-electron chi connectivity index (χ3n) is 2.96. The fraction of sp³-hybridized carbons (Fsp3) is 0.286.